The van der Waals surface area contributed by atoms with E-state index < -0.39 is 5.97 Å². The predicted octanol–water partition coefficient (Wildman–Crippen LogP) is 4.20. The van der Waals surface area contributed by atoms with Gasteiger partial charge >= 0.3 is 5.97 Å². The van der Waals surface area contributed by atoms with Crippen LogP contribution in [0.3, 0.4) is 0 Å². The third-order valence-corrected chi connectivity index (χ3v) is 3.96. The van der Waals surface area contributed by atoms with Gasteiger partial charge in [0.15, 0.2) is 5.70 Å². The van der Waals surface area contributed by atoms with Crippen molar-refractivity contribution in [2.24, 2.45) is 4.99 Å². The van der Waals surface area contributed by atoms with Gasteiger partial charge in [-0.05, 0) is 46.9 Å². The van der Waals surface area contributed by atoms with E-state index in [2.05, 4.69) is 31.8 Å². The lowest BCUT2D eigenvalue weighted by molar-refractivity contribution is -0.129. The fourth-order valence-corrected chi connectivity index (χ4v) is 2.46. The highest BCUT2D eigenvalue weighted by atomic mass is 16.6. The van der Waals surface area contributed by atoms with Gasteiger partial charge < -0.3 is 4.74 Å². The number of carbonyl (C=O) groups is 1. The summed E-state index contributed by atoms with van der Waals surface area (Å²) in [4.78, 5) is 16.4. The molecule has 0 radical (unpaired) electrons. The average Bonchev–Trinajstić information content (AvgIpc) is 2.96. The van der Waals surface area contributed by atoms with Gasteiger partial charge in [0.1, 0.15) is 0 Å². The maximum Gasteiger partial charge on any atom is 0.363 e. The van der Waals surface area contributed by atoms with Gasteiger partial charge in [0.2, 0.25) is 5.90 Å². The Morgan fingerprint density at radius 2 is 1.68 bits per heavy atom. The molecule has 0 saturated heterocycles. The summed E-state index contributed by atoms with van der Waals surface area (Å²) in [5, 5.41) is 8.82. The van der Waals surface area contributed by atoms with Crippen LogP contribution in [0.1, 0.15) is 43.0 Å². The number of nitrogens with zero attached hydrogens (tertiary/aromatic N) is 2. The van der Waals surface area contributed by atoms with Crippen LogP contribution in [0, 0.1) is 11.3 Å². The molecule has 0 aromatic heterocycles. The van der Waals surface area contributed by atoms with Gasteiger partial charge in [0, 0.05) is 5.56 Å². The molecule has 1 aliphatic rings. The third kappa shape index (κ3) is 3.67. The predicted molar refractivity (Wildman–Crippen MR) is 96.9 cm³/mol. The van der Waals surface area contributed by atoms with Crippen LogP contribution in [0.5, 0.6) is 0 Å². The van der Waals surface area contributed by atoms with E-state index in [1.54, 1.807) is 30.3 Å². The number of ether oxygens (including phenoxy) is 1. The normalized spacial score (nSPS) is 15.7. The molecule has 4 nitrogen and oxygen atoms in total. The summed E-state index contributed by atoms with van der Waals surface area (Å²) in [5.41, 5.74) is 3.64. The van der Waals surface area contributed by atoms with Crippen molar-refractivity contribution in [3.05, 3.63) is 76.5 Å². The van der Waals surface area contributed by atoms with Gasteiger partial charge in [-0.25, -0.2) is 9.79 Å². The molecule has 25 heavy (non-hydrogen) atoms. The first-order chi connectivity index (χ1) is 11.9. The number of carbonyl (C=O) groups excluding carboxylic acids is 1. The summed E-state index contributed by atoms with van der Waals surface area (Å²) in [6.07, 6.45) is 1.65. The van der Waals surface area contributed by atoms with Crippen molar-refractivity contribution >= 4 is 17.9 Å². The quantitative estimate of drug-likeness (QED) is 0.612. The number of benzene rings is 2. The van der Waals surface area contributed by atoms with Crippen molar-refractivity contribution in [2.75, 3.05) is 0 Å². The molecule has 0 bridgehead atoms. The summed E-state index contributed by atoms with van der Waals surface area (Å²) < 4.78 is 5.29. The largest absolute Gasteiger partial charge is 0.402 e. The zero-order chi connectivity index (χ0) is 18.0. The van der Waals surface area contributed by atoms with E-state index in [-0.39, 0.29) is 11.1 Å². The Morgan fingerprint density at radius 1 is 1.04 bits per heavy atom. The smallest absolute Gasteiger partial charge is 0.363 e. The Labute approximate surface area is 147 Å². The van der Waals surface area contributed by atoms with Crippen molar-refractivity contribution < 1.29 is 9.53 Å². The number of nitriles is 1. The summed E-state index contributed by atoms with van der Waals surface area (Å²) in [6.45, 7) is 6.44. The number of esters is 1. The highest BCUT2D eigenvalue weighted by Crippen LogP contribution is 2.24. The second-order valence-corrected chi connectivity index (χ2v) is 6.90. The van der Waals surface area contributed by atoms with Gasteiger partial charge in [-0.3, -0.25) is 0 Å². The number of hydrogen-bond donors (Lipinski definition) is 0. The molecule has 0 atom stereocenters. The lowest BCUT2D eigenvalue weighted by Gasteiger charge is -2.18. The van der Waals surface area contributed by atoms with E-state index in [1.165, 1.54) is 5.56 Å². The number of cyclic esters (lactones) is 1. The van der Waals surface area contributed by atoms with Crippen molar-refractivity contribution in [3.63, 3.8) is 0 Å². The second-order valence-electron chi connectivity index (χ2n) is 6.90. The Hall–Kier alpha value is -3.19. The molecular weight excluding hydrogens is 312 g/mol. The second kappa shape index (κ2) is 6.37. The van der Waals surface area contributed by atoms with Crippen LogP contribution < -0.4 is 0 Å². The first-order valence-electron chi connectivity index (χ1n) is 8.00. The molecule has 0 saturated carbocycles. The fourth-order valence-electron chi connectivity index (χ4n) is 2.46. The standard InChI is InChI=1S/C21H18N2O2/c1-21(2,3)17-10-8-16(9-11-17)19-23-18(20(24)25-19)12-14-4-6-15(13-22)7-5-14/h4-12H,1-3H3/b18-12-. The van der Waals surface area contributed by atoms with Crippen LogP contribution >= 0.6 is 0 Å². The molecule has 0 unspecified atom stereocenters. The minimum absolute atomic E-state index is 0.0628. The van der Waals surface area contributed by atoms with Crippen LogP contribution in [0.25, 0.3) is 6.08 Å². The van der Waals surface area contributed by atoms with Crippen molar-refractivity contribution in [1.82, 2.24) is 0 Å². The van der Waals surface area contributed by atoms with Gasteiger partial charge in [0.05, 0.1) is 11.6 Å². The topological polar surface area (TPSA) is 62.5 Å². The molecule has 124 valence electrons. The molecule has 2 aromatic rings. The zero-order valence-electron chi connectivity index (χ0n) is 14.4. The molecule has 2 aromatic carbocycles. The van der Waals surface area contributed by atoms with Crippen molar-refractivity contribution in [1.29, 1.82) is 5.26 Å². The SMILES string of the molecule is CC(C)(C)c1ccc(C2=N/C(=C\c3ccc(C#N)cc3)C(=O)O2)cc1. The third-order valence-electron chi connectivity index (χ3n) is 3.96. The van der Waals surface area contributed by atoms with Crippen LogP contribution in [-0.4, -0.2) is 11.9 Å². The van der Waals surface area contributed by atoms with Crippen LogP contribution in [0.15, 0.2) is 59.2 Å². The van der Waals surface area contributed by atoms with Crippen LogP contribution in [0.2, 0.25) is 0 Å². The summed E-state index contributed by atoms with van der Waals surface area (Å²) in [6, 6.07) is 16.9. The highest BCUT2D eigenvalue weighted by Gasteiger charge is 2.24. The first-order valence-corrected chi connectivity index (χ1v) is 8.00. The Balaban J connectivity index is 1.87. The summed E-state index contributed by atoms with van der Waals surface area (Å²) >= 11 is 0. The highest BCUT2D eigenvalue weighted by molar-refractivity contribution is 6.12. The van der Waals surface area contributed by atoms with Crippen LogP contribution in [0.4, 0.5) is 0 Å². The molecule has 1 heterocycles. The molecular formula is C21H18N2O2. The zero-order valence-corrected chi connectivity index (χ0v) is 14.4. The van der Waals surface area contributed by atoms with E-state index in [9.17, 15) is 4.79 Å². The van der Waals surface area contributed by atoms with E-state index >= 15 is 0 Å². The molecule has 0 fully saturated rings. The molecule has 0 aliphatic carbocycles. The lowest BCUT2D eigenvalue weighted by Crippen LogP contribution is -2.11. The molecule has 1 aliphatic heterocycles. The van der Waals surface area contributed by atoms with Crippen LogP contribution in [-0.2, 0) is 14.9 Å². The molecule has 0 spiro atoms. The fraction of sp³-hybridized carbons (Fsp3) is 0.190. The lowest BCUT2D eigenvalue weighted by atomic mass is 9.87. The van der Waals surface area contributed by atoms with Gasteiger partial charge in [-0.15, -0.1) is 0 Å². The number of rotatable bonds is 2. The molecule has 0 N–H and O–H groups in total. The van der Waals surface area contributed by atoms with Gasteiger partial charge in [0.25, 0.3) is 0 Å². The summed E-state index contributed by atoms with van der Waals surface area (Å²) in [5.74, 6) is -0.162. The van der Waals surface area contributed by atoms with Gasteiger partial charge in [-0.1, -0.05) is 45.0 Å². The van der Waals surface area contributed by atoms with Crippen molar-refractivity contribution in [3.8, 4) is 6.07 Å². The Morgan fingerprint density at radius 3 is 2.24 bits per heavy atom. The molecule has 0 amide bonds. The summed E-state index contributed by atoms with van der Waals surface area (Å²) in [7, 11) is 0. The van der Waals surface area contributed by atoms with E-state index in [4.69, 9.17) is 10.00 Å². The maximum atomic E-state index is 12.1. The minimum Gasteiger partial charge on any atom is -0.402 e. The monoisotopic (exact) mass is 330 g/mol. The Bertz CT molecular complexity index is 906. The van der Waals surface area contributed by atoms with Gasteiger partial charge in [-0.2, -0.15) is 5.26 Å². The van der Waals surface area contributed by atoms with E-state index in [1.807, 2.05) is 24.3 Å². The van der Waals surface area contributed by atoms with E-state index in [0.29, 0.717) is 11.5 Å². The molecule has 3 rings (SSSR count). The Kier molecular flexibility index (Phi) is 4.24. The first kappa shape index (κ1) is 16.7. The van der Waals surface area contributed by atoms with E-state index in [0.717, 1.165) is 11.1 Å². The minimum atomic E-state index is -0.473. The average molecular weight is 330 g/mol. The number of aliphatic imine (C=N–C) groups is 1. The number of hydrogen-bond acceptors (Lipinski definition) is 4. The maximum absolute atomic E-state index is 12.1. The molecule has 4 heteroatoms. The van der Waals surface area contributed by atoms with Crippen molar-refractivity contribution in [2.45, 2.75) is 26.2 Å².